The second-order valence-corrected chi connectivity index (χ2v) is 8.41. The Hall–Kier alpha value is -2.48. The molecule has 1 aromatic carbocycles. The molecule has 3 aliphatic rings. The third-order valence-corrected chi connectivity index (χ3v) is 6.38. The van der Waals surface area contributed by atoms with Gasteiger partial charge in [0.15, 0.2) is 6.17 Å². The number of hydrogen-bond donors (Lipinski definition) is 2. The minimum absolute atomic E-state index is 0.0127. The normalized spacial score (nSPS) is 25.2. The molecular formula is C21H28ClN5O3. The molecule has 30 heavy (non-hydrogen) atoms. The molecule has 1 saturated heterocycles. The number of piperazine rings is 1. The Morgan fingerprint density at radius 1 is 1.33 bits per heavy atom. The van der Waals surface area contributed by atoms with E-state index in [4.69, 9.17) is 16.3 Å². The quantitative estimate of drug-likeness (QED) is 0.720. The summed E-state index contributed by atoms with van der Waals surface area (Å²) in [7, 11) is 1.54. The summed E-state index contributed by atoms with van der Waals surface area (Å²) in [6.45, 7) is 2.13. The Balaban J connectivity index is 1.49. The van der Waals surface area contributed by atoms with Crippen LogP contribution in [0.5, 0.6) is 5.75 Å². The molecule has 8 nitrogen and oxygen atoms in total. The van der Waals surface area contributed by atoms with Crippen molar-refractivity contribution in [2.24, 2.45) is 5.10 Å². The van der Waals surface area contributed by atoms with E-state index in [0.717, 1.165) is 44.4 Å². The van der Waals surface area contributed by atoms with E-state index in [1.165, 1.54) is 7.11 Å². The van der Waals surface area contributed by atoms with Crippen LogP contribution in [0.1, 0.15) is 45.4 Å². The summed E-state index contributed by atoms with van der Waals surface area (Å²) in [6.07, 6.45) is 5.42. The summed E-state index contributed by atoms with van der Waals surface area (Å²) in [6, 6.07) is 5.30. The molecular weight excluding hydrogens is 406 g/mol. The summed E-state index contributed by atoms with van der Waals surface area (Å²) < 4.78 is 5.15. The molecule has 2 amide bonds. The maximum atomic E-state index is 13.3. The van der Waals surface area contributed by atoms with Gasteiger partial charge in [0.25, 0.3) is 5.91 Å². The number of carbonyl (C=O) groups is 2. The molecule has 2 fully saturated rings. The second kappa shape index (κ2) is 8.71. The molecule has 3 atom stereocenters. The van der Waals surface area contributed by atoms with Gasteiger partial charge in [-0.3, -0.25) is 15.0 Å². The lowest BCUT2D eigenvalue weighted by Gasteiger charge is -2.51. The maximum Gasteiger partial charge on any atom is 0.268 e. The molecule has 1 saturated carbocycles. The fourth-order valence-electron chi connectivity index (χ4n) is 4.77. The minimum Gasteiger partial charge on any atom is -0.495 e. The number of fused-ring (bicyclic) bond motifs is 3. The zero-order chi connectivity index (χ0) is 21.3. The standard InChI is InChI=1S/C21H28ClN5O3/c1-3-6-18-24-25-20-21(29)26(15-7-4-5-8-16(15)27(18)20)12-19(28)23-13-9-10-17(30-2)14(22)11-13/h9-11,15-16,20,25H,3-8,12H2,1-2H3,(H,23,28). The lowest BCUT2D eigenvalue weighted by molar-refractivity contribution is -0.151. The molecule has 1 aromatic rings. The van der Waals surface area contributed by atoms with Crippen LogP contribution in [0.25, 0.3) is 0 Å². The molecule has 0 radical (unpaired) electrons. The molecule has 0 spiro atoms. The van der Waals surface area contributed by atoms with Gasteiger partial charge in [-0.05, 0) is 37.5 Å². The van der Waals surface area contributed by atoms with Crippen LogP contribution in [-0.4, -0.2) is 59.4 Å². The number of hydrazone groups is 1. The molecule has 0 aromatic heterocycles. The highest BCUT2D eigenvalue weighted by atomic mass is 35.5. The van der Waals surface area contributed by atoms with Crippen molar-refractivity contribution in [3.63, 3.8) is 0 Å². The fourth-order valence-corrected chi connectivity index (χ4v) is 5.02. The van der Waals surface area contributed by atoms with Crippen molar-refractivity contribution >= 4 is 34.9 Å². The Morgan fingerprint density at radius 3 is 2.80 bits per heavy atom. The van der Waals surface area contributed by atoms with E-state index in [-0.39, 0.29) is 30.4 Å². The Bertz CT molecular complexity index is 861. The van der Waals surface area contributed by atoms with Crippen LogP contribution in [0.3, 0.4) is 0 Å². The molecule has 162 valence electrons. The number of amidine groups is 1. The highest BCUT2D eigenvalue weighted by Crippen LogP contribution is 2.35. The van der Waals surface area contributed by atoms with Crippen LogP contribution in [-0.2, 0) is 9.59 Å². The van der Waals surface area contributed by atoms with Crippen molar-refractivity contribution < 1.29 is 14.3 Å². The van der Waals surface area contributed by atoms with Gasteiger partial charge >= 0.3 is 0 Å². The zero-order valence-corrected chi connectivity index (χ0v) is 18.1. The first-order valence-electron chi connectivity index (χ1n) is 10.6. The predicted octanol–water partition coefficient (Wildman–Crippen LogP) is 2.79. The molecule has 2 heterocycles. The molecule has 2 aliphatic heterocycles. The summed E-state index contributed by atoms with van der Waals surface area (Å²) in [4.78, 5) is 30.0. The first-order valence-corrected chi connectivity index (χ1v) is 11.0. The predicted molar refractivity (Wildman–Crippen MR) is 115 cm³/mol. The second-order valence-electron chi connectivity index (χ2n) is 8.00. The van der Waals surface area contributed by atoms with E-state index in [9.17, 15) is 9.59 Å². The van der Waals surface area contributed by atoms with Crippen LogP contribution >= 0.6 is 11.6 Å². The summed E-state index contributed by atoms with van der Waals surface area (Å²) in [5, 5.41) is 7.71. The number of benzene rings is 1. The number of ether oxygens (including phenoxy) is 1. The third-order valence-electron chi connectivity index (χ3n) is 6.08. The van der Waals surface area contributed by atoms with Crippen LogP contribution < -0.4 is 15.5 Å². The molecule has 9 heteroatoms. The number of amides is 2. The van der Waals surface area contributed by atoms with Crippen molar-refractivity contribution in [1.82, 2.24) is 15.2 Å². The van der Waals surface area contributed by atoms with E-state index in [1.807, 2.05) is 0 Å². The largest absolute Gasteiger partial charge is 0.495 e. The summed E-state index contributed by atoms with van der Waals surface area (Å²) in [5.41, 5.74) is 3.58. The first kappa shape index (κ1) is 20.8. The van der Waals surface area contributed by atoms with Gasteiger partial charge in [-0.25, -0.2) is 0 Å². The van der Waals surface area contributed by atoms with Crippen molar-refractivity contribution in [3.8, 4) is 5.75 Å². The summed E-state index contributed by atoms with van der Waals surface area (Å²) in [5.74, 6) is 1.18. The smallest absolute Gasteiger partial charge is 0.268 e. The fraction of sp³-hybridized carbons (Fsp3) is 0.571. The van der Waals surface area contributed by atoms with Crippen LogP contribution in [0, 0.1) is 0 Å². The number of anilines is 1. The van der Waals surface area contributed by atoms with Gasteiger partial charge in [0, 0.05) is 12.1 Å². The summed E-state index contributed by atoms with van der Waals surface area (Å²) >= 11 is 6.15. The molecule has 4 rings (SSSR count). The number of hydrogen-bond acceptors (Lipinski definition) is 6. The lowest BCUT2D eigenvalue weighted by atomic mass is 9.85. The number of nitrogens with zero attached hydrogens (tertiary/aromatic N) is 3. The minimum atomic E-state index is -0.505. The number of carbonyl (C=O) groups excluding carboxylic acids is 2. The topological polar surface area (TPSA) is 86.3 Å². The van der Waals surface area contributed by atoms with Crippen LogP contribution in [0.15, 0.2) is 23.3 Å². The monoisotopic (exact) mass is 433 g/mol. The molecule has 0 bridgehead atoms. The number of rotatable bonds is 6. The van der Waals surface area contributed by atoms with Crippen molar-refractivity contribution in [3.05, 3.63) is 23.2 Å². The van der Waals surface area contributed by atoms with Gasteiger partial charge in [0.1, 0.15) is 18.1 Å². The Kier molecular flexibility index (Phi) is 6.04. The Morgan fingerprint density at radius 2 is 2.10 bits per heavy atom. The SMILES string of the molecule is CCCC1=NNC2C(=O)N(CC(=O)Nc3ccc(OC)c(Cl)c3)C3CCCCC3N12. The van der Waals surface area contributed by atoms with Crippen molar-refractivity contribution in [2.45, 2.75) is 63.7 Å². The molecule has 2 N–H and O–H groups in total. The third kappa shape index (κ3) is 3.80. The van der Waals surface area contributed by atoms with Gasteiger partial charge in [0.2, 0.25) is 5.91 Å². The Labute approximate surface area is 181 Å². The van der Waals surface area contributed by atoms with E-state index < -0.39 is 6.17 Å². The number of nitrogens with one attached hydrogen (secondary N) is 2. The van der Waals surface area contributed by atoms with E-state index in [2.05, 4.69) is 27.7 Å². The van der Waals surface area contributed by atoms with E-state index in [1.54, 1.807) is 23.1 Å². The molecule has 3 unspecified atom stereocenters. The van der Waals surface area contributed by atoms with Crippen LogP contribution in [0.4, 0.5) is 5.69 Å². The van der Waals surface area contributed by atoms with Crippen molar-refractivity contribution in [1.29, 1.82) is 0 Å². The van der Waals surface area contributed by atoms with Gasteiger partial charge < -0.3 is 19.9 Å². The highest BCUT2D eigenvalue weighted by Gasteiger charge is 2.50. The van der Waals surface area contributed by atoms with E-state index in [0.29, 0.717) is 16.5 Å². The van der Waals surface area contributed by atoms with Gasteiger partial charge in [0.05, 0.1) is 24.2 Å². The number of halogens is 1. The van der Waals surface area contributed by atoms with Crippen molar-refractivity contribution in [2.75, 3.05) is 19.0 Å². The highest BCUT2D eigenvalue weighted by molar-refractivity contribution is 6.32. The van der Waals surface area contributed by atoms with Gasteiger partial charge in [-0.15, -0.1) is 0 Å². The van der Waals surface area contributed by atoms with Crippen LogP contribution in [0.2, 0.25) is 5.02 Å². The van der Waals surface area contributed by atoms with Gasteiger partial charge in [-0.1, -0.05) is 31.4 Å². The lowest BCUT2D eigenvalue weighted by Crippen LogP contribution is -2.69. The molecule has 1 aliphatic carbocycles. The average Bonchev–Trinajstić information content (AvgIpc) is 3.16. The number of methoxy groups -OCH3 is 1. The van der Waals surface area contributed by atoms with Gasteiger partial charge in [-0.2, -0.15) is 5.10 Å². The maximum absolute atomic E-state index is 13.3. The first-order chi connectivity index (χ1) is 14.5. The van der Waals surface area contributed by atoms with E-state index >= 15 is 0 Å². The average molecular weight is 434 g/mol. The zero-order valence-electron chi connectivity index (χ0n) is 17.4.